The van der Waals surface area contributed by atoms with Gasteiger partial charge in [-0.1, -0.05) is 0 Å². The van der Waals surface area contributed by atoms with Gasteiger partial charge in [0.1, 0.15) is 11.5 Å². The molecule has 134 valence electrons. The van der Waals surface area contributed by atoms with Gasteiger partial charge in [0.05, 0.1) is 0 Å². The SMILES string of the molecule is CNc1ccc(C=C2CCC(=Cc3ccc(NC)cc3O)C2=O)c(O)c1. The lowest BCUT2D eigenvalue weighted by atomic mass is 10.1. The first-order chi connectivity index (χ1) is 12.5. The van der Waals surface area contributed by atoms with Crippen LogP contribution in [0.5, 0.6) is 11.5 Å². The van der Waals surface area contributed by atoms with Crippen molar-refractivity contribution in [3.63, 3.8) is 0 Å². The van der Waals surface area contributed by atoms with E-state index in [0.29, 0.717) is 35.1 Å². The highest BCUT2D eigenvalue weighted by Gasteiger charge is 2.23. The number of anilines is 2. The molecule has 1 aliphatic carbocycles. The number of phenolic OH excluding ortho intramolecular Hbond substituents is 2. The molecular formula is C21H22N2O3. The summed E-state index contributed by atoms with van der Waals surface area (Å²) in [6.07, 6.45) is 4.71. The fourth-order valence-corrected chi connectivity index (χ4v) is 3.00. The van der Waals surface area contributed by atoms with E-state index in [-0.39, 0.29) is 17.3 Å². The van der Waals surface area contributed by atoms with Gasteiger partial charge in [-0.2, -0.15) is 0 Å². The Morgan fingerprint density at radius 2 is 1.23 bits per heavy atom. The Morgan fingerprint density at radius 1 is 0.808 bits per heavy atom. The summed E-state index contributed by atoms with van der Waals surface area (Å²) >= 11 is 0. The zero-order valence-electron chi connectivity index (χ0n) is 14.8. The van der Waals surface area contributed by atoms with Crippen LogP contribution in [-0.4, -0.2) is 30.1 Å². The normalized spacial score (nSPS) is 17.1. The third-order valence-electron chi connectivity index (χ3n) is 4.54. The number of phenols is 2. The van der Waals surface area contributed by atoms with E-state index in [2.05, 4.69) is 10.6 Å². The summed E-state index contributed by atoms with van der Waals surface area (Å²) in [5.41, 5.74) is 4.18. The van der Waals surface area contributed by atoms with Crippen LogP contribution < -0.4 is 10.6 Å². The van der Waals surface area contributed by atoms with E-state index >= 15 is 0 Å². The highest BCUT2D eigenvalue weighted by molar-refractivity contribution is 6.15. The third-order valence-corrected chi connectivity index (χ3v) is 4.54. The molecule has 0 bridgehead atoms. The zero-order valence-corrected chi connectivity index (χ0v) is 14.8. The molecule has 2 aromatic rings. The van der Waals surface area contributed by atoms with Crippen molar-refractivity contribution in [3.8, 4) is 11.5 Å². The Kier molecular flexibility index (Phi) is 4.98. The molecule has 1 saturated carbocycles. The van der Waals surface area contributed by atoms with Gasteiger partial charge in [-0.15, -0.1) is 0 Å². The second kappa shape index (κ2) is 7.35. The van der Waals surface area contributed by atoms with Gasteiger partial charge in [0.2, 0.25) is 0 Å². The van der Waals surface area contributed by atoms with Crippen LogP contribution in [0.15, 0.2) is 47.5 Å². The molecule has 0 aliphatic heterocycles. The van der Waals surface area contributed by atoms with Gasteiger partial charge in [0, 0.05) is 59.9 Å². The van der Waals surface area contributed by atoms with E-state index in [0.717, 1.165) is 11.4 Å². The number of allylic oxidation sites excluding steroid dienone is 2. The predicted molar refractivity (Wildman–Crippen MR) is 106 cm³/mol. The monoisotopic (exact) mass is 350 g/mol. The van der Waals surface area contributed by atoms with Crippen LogP contribution in [0.4, 0.5) is 11.4 Å². The second-order valence-electron chi connectivity index (χ2n) is 6.22. The van der Waals surface area contributed by atoms with Gasteiger partial charge >= 0.3 is 0 Å². The predicted octanol–water partition coefficient (Wildman–Crippen LogP) is 4.01. The number of ketones is 1. The lowest BCUT2D eigenvalue weighted by molar-refractivity contribution is -0.111. The van der Waals surface area contributed by atoms with Gasteiger partial charge in [-0.05, 0) is 49.3 Å². The summed E-state index contributed by atoms with van der Waals surface area (Å²) in [4.78, 5) is 12.7. The van der Waals surface area contributed by atoms with Crippen molar-refractivity contribution in [2.45, 2.75) is 12.8 Å². The number of carbonyl (C=O) groups is 1. The van der Waals surface area contributed by atoms with Gasteiger partial charge < -0.3 is 20.8 Å². The average Bonchev–Trinajstić information content (AvgIpc) is 2.98. The van der Waals surface area contributed by atoms with Crippen LogP contribution in [0.3, 0.4) is 0 Å². The lowest BCUT2D eigenvalue weighted by Crippen LogP contribution is -1.96. The number of benzene rings is 2. The van der Waals surface area contributed by atoms with Crippen molar-refractivity contribution in [2.24, 2.45) is 0 Å². The molecule has 0 unspecified atom stereocenters. The fourth-order valence-electron chi connectivity index (χ4n) is 3.00. The van der Waals surface area contributed by atoms with Crippen LogP contribution >= 0.6 is 0 Å². The van der Waals surface area contributed by atoms with Crippen molar-refractivity contribution in [2.75, 3.05) is 24.7 Å². The van der Waals surface area contributed by atoms with Crippen molar-refractivity contribution >= 4 is 29.3 Å². The van der Waals surface area contributed by atoms with E-state index in [1.165, 1.54) is 0 Å². The molecule has 5 heteroatoms. The number of hydrogen-bond donors (Lipinski definition) is 4. The molecule has 5 nitrogen and oxygen atoms in total. The maximum absolute atomic E-state index is 12.7. The van der Waals surface area contributed by atoms with Crippen LogP contribution in [0.25, 0.3) is 12.2 Å². The minimum absolute atomic E-state index is 0.0424. The number of carbonyl (C=O) groups excluding carboxylic acids is 1. The van der Waals surface area contributed by atoms with Gasteiger partial charge in [-0.25, -0.2) is 0 Å². The topological polar surface area (TPSA) is 81.6 Å². The van der Waals surface area contributed by atoms with Crippen LogP contribution in [0, 0.1) is 0 Å². The zero-order chi connectivity index (χ0) is 18.7. The Bertz CT molecular complexity index is 840. The molecule has 0 radical (unpaired) electrons. The Morgan fingerprint density at radius 3 is 1.58 bits per heavy atom. The summed E-state index contributed by atoms with van der Waals surface area (Å²) in [6.45, 7) is 0. The highest BCUT2D eigenvalue weighted by atomic mass is 16.3. The average molecular weight is 350 g/mol. The van der Waals surface area contributed by atoms with Crippen LogP contribution in [0.1, 0.15) is 24.0 Å². The summed E-state index contributed by atoms with van der Waals surface area (Å²) in [6, 6.07) is 10.5. The first-order valence-corrected chi connectivity index (χ1v) is 8.49. The van der Waals surface area contributed by atoms with E-state index in [4.69, 9.17) is 0 Å². The number of hydrogen-bond acceptors (Lipinski definition) is 5. The van der Waals surface area contributed by atoms with Crippen molar-refractivity contribution in [1.82, 2.24) is 0 Å². The largest absolute Gasteiger partial charge is 0.507 e. The number of Topliss-reactive ketones (excluding diaryl/α,β-unsaturated/α-hetero) is 1. The molecule has 0 spiro atoms. The van der Waals surface area contributed by atoms with Gasteiger partial charge in [0.25, 0.3) is 0 Å². The minimum atomic E-state index is -0.0424. The maximum Gasteiger partial charge on any atom is 0.185 e. The van der Waals surface area contributed by atoms with Gasteiger partial charge in [0.15, 0.2) is 5.78 Å². The molecule has 4 N–H and O–H groups in total. The molecule has 0 atom stereocenters. The minimum Gasteiger partial charge on any atom is -0.507 e. The molecule has 26 heavy (non-hydrogen) atoms. The maximum atomic E-state index is 12.7. The standard InChI is InChI=1S/C21H22N2O3/c1-22-17-7-5-13(19(24)11-17)9-15-3-4-16(21(15)26)10-14-6-8-18(23-2)12-20(14)25/h5-12,22-25H,3-4H2,1-2H3. The molecule has 3 rings (SSSR count). The molecule has 1 fully saturated rings. The van der Waals surface area contributed by atoms with Crippen molar-refractivity contribution < 1.29 is 15.0 Å². The molecule has 0 heterocycles. The van der Waals surface area contributed by atoms with E-state index < -0.39 is 0 Å². The molecular weight excluding hydrogens is 328 g/mol. The molecule has 0 aromatic heterocycles. The quantitative estimate of drug-likeness (QED) is 0.627. The van der Waals surface area contributed by atoms with Crippen LogP contribution in [-0.2, 0) is 4.79 Å². The summed E-state index contributed by atoms with van der Waals surface area (Å²) in [5, 5.41) is 26.1. The van der Waals surface area contributed by atoms with E-state index in [9.17, 15) is 15.0 Å². The number of aromatic hydroxyl groups is 2. The fraction of sp³-hybridized carbons (Fsp3) is 0.190. The lowest BCUT2D eigenvalue weighted by Gasteiger charge is -2.05. The molecule has 2 aromatic carbocycles. The molecule has 1 aliphatic rings. The number of nitrogens with one attached hydrogen (secondary N) is 2. The Hall–Kier alpha value is -3.21. The highest BCUT2D eigenvalue weighted by Crippen LogP contribution is 2.33. The summed E-state index contributed by atoms with van der Waals surface area (Å²) in [5.74, 6) is 0.226. The van der Waals surface area contributed by atoms with E-state index in [1.54, 1.807) is 50.5 Å². The number of rotatable bonds is 4. The van der Waals surface area contributed by atoms with Crippen molar-refractivity contribution in [1.29, 1.82) is 0 Å². The summed E-state index contributed by atoms with van der Waals surface area (Å²) < 4.78 is 0. The Balaban J connectivity index is 1.86. The summed E-state index contributed by atoms with van der Waals surface area (Å²) in [7, 11) is 3.56. The van der Waals surface area contributed by atoms with Crippen molar-refractivity contribution in [3.05, 3.63) is 58.7 Å². The molecule has 0 saturated heterocycles. The molecule has 0 amide bonds. The van der Waals surface area contributed by atoms with E-state index in [1.807, 2.05) is 12.1 Å². The second-order valence-corrected chi connectivity index (χ2v) is 6.22. The van der Waals surface area contributed by atoms with Crippen LogP contribution in [0.2, 0.25) is 0 Å². The van der Waals surface area contributed by atoms with Gasteiger partial charge in [-0.3, -0.25) is 4.79 Å². The third kappa shape index (κ3) is 3.57. The first-order valence-electron chi connectivity index (χ1n) is 8.49. The first kappa shape index (κ1) is 17.6. The smallest absolute Gasteiger partial charge is 0.185 e. The Labute approximate surface area is 152 Å².